The monoisotopic (exact) mass is 226 g/mol. The van der Waals surface area contributed by atoms with Gasteiger partial charge in [-0.15, -0.1) is 0 Å². The number of fused-ring (bicyclic) bond motifs is 1. The number of esters is 1. The van der Waals surface area contributed by atoms with Gasteiger partial charge >= 0.3 is 5.97 Å². The Hall–Kier alpha value is -0.570. The zero-order chi connectivity index (χ0) is 11.9. The Labute approximate surface area is 97.2 Å². The molecule has 1 aliphatic heterocycles. The van der Waals surface area contributed by atoms with E-state index in [1.54, 1.807) is 0 Å². The maximum Gasteiger partial charge on any atom is 0.309 e. The van der Waals surface area contributed by atoms with E-state index in [4.69, 9.17) is 4.74 Å². The third kappa shape index (κ3) is 1.65. The quantitative estimate of drug-likeness (QED) is 0.731. The largest absolute Gasteiger partial charge is 0.462 e. The first-order chi connectivity index (χ1) is 7.60. The van der Waals surface area contributed by atoms with Crippen molar-refractivity contribution >= 4 is 5.97 Å². The third-order valence-electron chi connectivity index (χ3n) is 4.69. The average molecular weight is 226 g/mol. The maximum absolute atomic E-state index is 11.7. The third-order valence-corrected chi connectivity index (χ3v) is 4.69. The Balaban J connectivity index is 2.26. The molecule has 0 spiro atoms. The van der Waals surface area contributed by atoms with Gasteiger partial charge in [0.25, 0.3) is 0 Å². The summed E-state index contributed by atoms with van der Waals surface area (Å²) in [6.45, 7) is 6.52. The Bertz CT molecular complexity index is 276. The Morgan fingerprint density at radius 1 is 1.38 bits per heavy atom. The summed E-state index contributed by atoms with van der Waals surface area (Å²) in [6, 6.07) is 0. The molecule has 0 aromatic rings. The molecule has 1 saturated heterocycles. The van der Waals surface area contributed by atoms with E-state index in [1.165, 1.54) is 0 Å². The van der Waals surface area contributed by atoms with E-state index in [1.807, 2.05) is 6.92 Å². The highest BCUT2D eigenvalue weighted by atomic mass is 16.6. The fourth-order valence-corrected chi connectivity index (χ4v) is 3.98. The highest BCUT2D eigenvalue weighted by Crippen LogP contribution is 2.49. The van der Waals surface area contributed by atoms with E-state index in [-0.39, 0.29) is 36.4 Å². The maximum atomic E-state index is 11.7. The second kappa shape index (κ2) is 4.36. The van der Waals surface area contributed by atoms with Gasteiger partial charge in [0.15, 0.2) is 0 Å². The van der Waals surface area contributed by atoms with E-state index in [0.717, 1.165) is 12.8 Å². The van der Waals surface area contributed by atoms with Crippen LogP contribution in [0.2, 0.25) is 0 Å². The number of cyclic esters (lactones) is 1. The number of ether oxygens (including phenoxy) is 1. The Kier molecular flexibility index (Phi) is 3.24. The van der Waals surface area contributed by atoms with E-state index in [9.17, 15) is 9.90 Å². The molecule has 0 bridgehead atoms. The van der Waals surface area contributed by atoms with Gasteiger partial charge in [-0.2, -0.15) is 0 Å². The van der Waals surface area contributed by atoms with Crippen LogP contribution < -0.4 is 0 Å². The molecule has 1 saturated carbocycles. The summed E-state index contributed by atoms with van der Waals surface area (Å²) in [5.74, 6) is 1.51. The SMILES string of the molecule is CC[C@H]1[C@H](CO)[C@@H]2[C@@H](C)OC(=O)[C@@H]2C[C@@H]1C. The van der Waals surface area contributed by atoms with Crippen LogP contribution in [0.25, 0.3) is 0 Å². The second-order valence-electron chi connectivity index (χ2n) is 5.46. The average Bonchev–Trinajstić information content (AvgIpc) is 2.52. The molecule has 2 rings (SSSR count). The zero-order valence-corrected chi connectivity index (χ0v) is 10.3. The van der Waals surface area contributed by atoms with E-state index >= 15 is 0 Å². The molecule has 0 aromatic carbocycles. The number of hydrogen-bond acceptors (Lipinski definition) is 3. The standard InChI is InChI=1S/C13H22O3/c1-4-9-7(2)5-10-12(11(9)6-14)8(3)16-13(10)15/h7-12,14H,4-6H2,1-3H3/t7-,8+,9+,10+,11-,12+/m0/s1. The topological polar surface area (TPSA) is 46.5 Å². The van der Waals surface area contributed by atoms with Crippen LogP contribution in [0.15, 0.2) is 0 Å². The lowest BCUT2D eigenvalue weighted by molar-refractivity contribution is -0.144. The molecule has 2 aliphatic rings. The lowest BCUT2D eigenvalue weighted by atomic mass is 9.61. The van der Waals surface area contributed by atoms with Gasteiger partial charge in [0.1, 0.15) is 6.10 Å². The molecule has 3 nitrogen and oxygen atoms in total. The van der Waals surface area contributed by atoms with Crippen molar-refractivity contribution in [3.63, 3.8) is 0 Å². The number of carbonyl (C=O) groups excluding carboxylic acids is 1. The van der Waals surface area contributed by atoms with Crippen molar-refractivity contribution in [2.24, 2.45) is 29.6 Å². The Morgan fingerprint density at radius 2 is 2.06 bits per heavy atom. The molecule has 1 heterocycles. The van der Waals surface area contributed by atoms with Crippen LogP contribution in [0.4, 0.5) is 0 Å². The minimum atomic E-state index is -0.0441. The number of aliphatic hydroxyl groups excluding tert-OH is 1. The summed E-state index contributed by atoms with van der Waals surface area (Å²) in [6.07, 6.45) is 2.00. The molecule has 0 aromatic heterocycles. The lowest BCUT2D eigenvalue weighted by Crippen LogP contribution is -2.43. The van der Waals surface area contributed by atoms with Gasteiger partial charge in [-0.05, 0) is 31.1 Å². The Morgan fingerprint density at radius 3 is 2.62 bits per heavy atom. The van der Waals surface area contributed by atoms with Crippen LogP contribution >= 0.6 is 0 Å². The highest BCUT2D eigenvalue weighted by Gasteiger charge is 2.52. The molecular formula is C13H22O3. The summed E-state index contributed by atoms with van der Waals surface area (Å²) in [5.41, 5.74) is 0. The number of aliphatic hydroxyl groups is 1. The van der Waals surface area contributed by atoms with Gasteiger partial charge in [0.05, 0.1) is 5.92 Å². The van der Waals surface area contributed by atoms with Crippen LogP contribution in [-0.2, 0) is 9.53 Å². The molecule has 0 unspecified atom stereocenters. The number of hydrogen-bond donors (Lipinski definition) is 1. The summed E-state index contributed by atoms with van der Waals surface area (Å²) in [5, 5.41) is 9.59. The predicted octanol–water partition coefficient (Wildman–Crippen LogP) is 1.84. The van der Waals surface area contributed by atoms with Gasteiger partial charge in [-0.3, -0.25) is 4.79 Å². The zero-order valence-electron chi connectivity index (χ0n) is 10.3. The first kappa shape index (κ1) is 11.9. The molecule has 1 aliphatic carbocycles. The second-order valence-corrected chi connectivity index (χ2v) is 5.46. The van der Waals surface area contributed by atoms with Crippen LogP contribution in [0.1, 0.15) is 33.6 Å². The van der Waals surface area contributed by atoms with E-state index in [0.29, 0.717) is 11.8 Å². The molecule has 0 radical (unpaired) electrons. The van der Waals surface area contributed by atoms with Gasteiger partial charge in [0.2, 0.25) is 0 Å². The van der Waals surface area contributed by atoms with Gasteiger partial charge in [-0.1, -0.05) is 20.3 Å². The molecular weight excluding hydrogens is 204 g/mol. The number of carbonyl (C=O) groups is 1. The lowest BCUT2D eigenvalue weighted by Gasteiger charge is -2.42. The summed E-state index contributed by atoms with van der Waals surface area (Å²) >= 11 is 0. The van der Waals surface area contributed by atoms with Crippen molar-refractivity contribution in [3.8, 4) is 0 Å². The molecule has 1 N–H and O–H groups in total. The smallest absolute Gasteiger partial charge is 0.309 e. The molecule has 2 fully saturated rings. The first-order valence-corrected chi connectivity index (χ1v) is 6.41. The van der Waals surface area contributed by atoms with Crippen molar-refractivity contribution in [3.05, 3.63) is 0 Å². The summed E-state index contributed by atoms with van der Waals surface area (Å²) < 4.78 is 5.33. The minimum Gasteiger partial charge on any atom is -0.462 e. The van der Waals surface area contributed by atoms with Gasteiger partial charge < -0.3 is 9.84 Å². The van der Waals surface area contributed by atoms with Crippen LogP contribution in [0.3, 0.4) is 0 Å². The number of rotatable bonds is 2. The van der Waals surface area contributed by atoms with Crippen LogP contribution in [-0.4, -0.2) is 23.8 Å². The van der Waals surface area contributed by atoms with Crippen LogP contribution in [0, 0.1) is 29.6 Å². The highest BCUT2D eigenvalue weighted by molar-refractivity contribution is 5.75. The summed E-state index contributed by atoms with van der Waals surface area (Å²) in [7, 11) is 0. The molecule has 6 atom stereocenters. The van der Waals surface area contributed by atoms with Crippen molar-refractivity contribution in [1.29, 1.82) is 0 Å². The van der Waals surface area contributed by atoms with Crippen LogP contribution in [0.5, 0.6) is 0 Å². The predicted molar refractivity (Wildman–Crippen MR) is 60.7 cm³/mol. The van der Waals surface area contributed by atoms with E-state index in [2.05, 4.69) is 13.8 Å². The minimum absolute atomic E-state index is 0.0174. The molecule has 92 valence electrons. The molecule has 16 heavy (non-hydrogen) atoms. The molecule has 0 amide bonds. The molecule has 3 heteroatoms. The summed E-state index contributed by atoms with van der Waals surface area (Å²) in [4.78, 5) is 11.7. The van der Waals surface area contributed by atoms with E-state index < -0.39 is 0 Å². The van der Waals surface area contributed by atoms with Gasteiger partial charge in [-0.25, -0.2) is 0 Å². The normalized spacial score (nSPS) is 47.6. The van der Waals surface area contributed by atoms with Crippen molar-refractivity contribution in [2.75, 3.05) is 6.61 Å². The van der Waals surface area contributed by atoms with Crippen molar-refractivity contribution < 1.29 is 14.6 Å². The first-order valence-electron chi connectivity index (χ1n) is 6.41. The fourth-order valence-electron chi connectivity index (χ4n) is 3.98. The fraction of sp³-hybridized carbons (Fsp3) is 0.923. The van der Waals surface area contributed by atoms with Gasteiger partial charge in [0, 0.05) is 12.5 Å². The van der Waals surface area contributed by atoms with Crippen molar-refractivity contribution in [1.82, 2.24) is 0 Å². The van der Waals surface area contributed by atoms with Crippen molar-refractivity contribution in [2.45, 2.75) is 39.7 Å².